The van der Waals surface area contributed by atoms with E-state index in [0.717, 1.165) is 24.0 Å². The third-order valence-corrected chi connectivity index (χ3v) is 3.13. The van der Waals surface area contributed by atoms with Crippen molar-refractivity contribution in [2.75, 3.05) is 24.0 Å². The molecule has 0 aliphatic rings. The molecule has 124 valence electrons. The molecule has 2 aromatic rings. The van der Waals surface area contributed by atoms with Gasteiger partial charge in [0.2, 0.25) is 0 Å². The highest BCUT2D eigenvalue weighted by Gasteiger charge is 2.34. The van der Waals surface area contributed by atoms with Gasteiger partial charge in [0.1, 0.15) is 0 Å². The minimum atomic E-state index is -0.920. The number of amides is 4. The molecule has 0 bridgehead atoms. The summed E-state index contributed by atoms with van der Waals surface area (Å²) in [5.41, 5.74) is 0.526. The molecule has 0 aliphatic carbocycles. The number of methoxy groups -OCH3 is 2. The van der Waals surface area contributed by atoms with E-state index in [9.17, 15) is 14.4 Å². The lowest BCUT2D eigenvalue weighted by Gasteiger charge is -2.26. The van der Waals surface area contributed by atoms with Gasteiger partial charge < -0.3 is 9.47 Å². The van der Waals surface area contributed by atoms with Crippen molar-refractivity contribution in [2.45, 2.75) is 0 Å². The van der Waals surface area contributed by atoms with Gasteiger partial charge in [-0.25, -0.2) is 14.4 Å². The molecule has 0 N–H and O–H groups in total. The minimum Gasteiger partial charge on any atom is -0.452 e. The topological polar surface area (TPSA) is 76.2 Å². The standard InChI is InChI=1S/C17H16N2O5/c1-23-16(21)18(13-9-5-3-6-10-13)15(20)19(17(22)24-2)14-11-7-4-8-12-14/h3-12H,1-2H3. The summed E-state index contributed by atoms with van der Waals surface area (Å²) in [7, 11) is 2.30. The molecule has 2 rings (SSSR count). The molecule has 0 unspecified atom stereocenters. The van der Waals surface area contributed by atoms with Gasteiger partial charge in [-0.05, 0) is 24.3 Å². The molecule has 0 aromatic heterocycles. The fraction of sp³-hybridized carbons (Fsp3) is 0.118. The Morgan fingerprint density at radius 1 is 0.667 bits per heavy atom. The van der Waals surface area contributed by atoms with Gasteiger partial charge in [-0.15, -0.1) is 0 Å². The van der Waals surface area contributed by atoms with E-state index >= 15 is 0 Å². The summed E-state index contributed by atoms with van der Waals surface area (Å²) < 4.78 is 9.35. The Morgan fingerprint density at radius 3 is 1.29 bits per heavy atom. The Bertz CT molecular complexity index is 657. The Kier molecular flexibility index (Phi) is 5.51. The number of nitrogens with zero attached hydrogens (tertiary/aromatic N) is 2. The van der Waals surface area contributed by atoms with E-state index in [-0.39, 0.29) is 11.4 Å². The van der Waals surface area contributed by atoms with E-state index in [0.29, 0.717) is 0 Å². The predicted octanol–water partition coefficient (Wildman–Crippen LogP) is 3.65. The second-order valence-corrected chi connectivity index (χ2v) is 4.56. The monoisotopic (exact) mass is 328 g/mol. The number of anilines is 2. The largest absolute Gasteiger partial charge is 0.452 e. The van der Waals surface area contributed by atoms with Crippen molar-refractivity contribution in [3.63, 3.8) is 0 Å². The Morgan fingerprint density at radius 2 is 1.00 bits per heavy atom. The van der Waals surface area contributed by atoms with Crippen LogP contribution >= 0.6 is 0 Å². The number of hydrogen-bond donors (Lipinski definition) is 0. The molecule has 0 spiro atoms. The number of rotatable bonds is 2. The van der Waals surface area contributed by atoms with E-state index in [2.05, 4.69) is 9.47 Å². The fourth-order valence-corrected chi connectivity index (χ4v) is 2.02. The number of imide groups is 2. The highest BCUT2D eigenvalue weighted by molar-refractivity contribution is 6.24. The van der Waals surface area contributed by atoms with Crippen LogP contribution in [0.4, 0.5) is 25.8 Å². The quantitative estimate of drug-likeness (QED) is 0.841. The molecule has 0 saturated carbocycles. The van der Waals surface area contributed by atoms with Crippen LogP contribution in [0.15, 0.2) is 60.7 Å². The molecule has 7 nitrogen and oxygen atoms in total. The first-order valence-corrected chi connectivity index (χ1v) is 7.00. The molecular formula is C17H16N2O5. The maximum absolute atomic E-state index is 12.9. The molecule has 7 heteroatoms. The van der Waals surface area contributed by atoms with E-state index in [1.807, 2.05) is 0 Å². The van der Waals surface area contributed by atoms with Gasteiger partial charge in [-0.1, -0.05) is 36.4 Å². The number of carbonyl (C=O) groups is 3. The molecule has 0 radical (unpaired) electrons. The predicted molar refractivity (Wildman–Crippen MR) is 88.0 cm³/mol. The number of urea groups is 1. The molecule has 0 fully saturated rings. The summed E-state index contributed by atoms with van der Waals surface area (Å²) in [6, 6.07) is 15.4. The van der Waals surface area contributed by atoms with Crippen molar-refractivity contribution in [2.24, 2.45) is 0 Å². The van der Waals surface area contributed by atoms with Gasteiger partial charge >= 0.3 is 18.2 Å². The zero-order valence-corrected chi connectivity index (χ0v) is 13.2. The molecule has 0 heterocycles. The summed E-state index contributed by atoms with van der Waals surface area (Å²) in [6.07, 6.45) is -1.84. The van der Waals surface area contributed by atoms with Crippen LogP contribution in [-0.2, 0) is 9.47 Å². The molecule has 24 heavy (non-hydrogen) atoms. The van der Waals surface area contributed by atoms with Crippen molar-refractivity contribution < 1.29 is 23.9 Å². The summed E-state index contributed by atoms with van der Waals surface area (Å²) in [4.78, 5) is 38.6. The summed E-state index contributed by atoms with van der Waals surface area (Å²) in [6.45, 7) is 0. The lowest BCUT2D eigenvalue weighted by Crippen LogP contribution is -2.49. The van der Waals surface area contributed by atoms with E-state index in [1.165, 1.54) is 0 Å². The number of benzene rings is 2. The highest BCUT2D eigenvalue weighted by Crippen LogP contribution is 2.22. The maximum atomic E-state index is 12.9. The SMILES string of the molecule is COC(=O)N(C(=O)N(C(=O)OC)c1ccccc1)c1ccccc1. The second-order valence-electron chi connectivity index (χ2n) is 4.56. The first kappa shape index (κ1) is 17.0. The van der Waals surface area contributed by atoms with Crippen LogP contribution in [-0.4, -0.2) is 32.4 Å². The first-order chi connectivity index (χ1) is 11.6. The number of ether oxygens (including phenoxy) is 2. The lowest BCUT2D eigenvalue weighted by atomic mass is 10.3. The summed E-state index contributed by atoms with van der Waals surface area (Å²) in [5.74, 6) is 0. The van der Waals surface area contributed by atoms with Crippen LogP contribution < -0.4 is 9.80 Å². The third-order valence-electron chi connectivity index (χ3n) is 3.13. The van der Waals surface area contributed by atoms with Crippen LogP contribution in [0.5, 0.6) is 0 Å². The zero-order valence-electron chi connectivity index (χ0n) is 13.2. The van der Waals surface area contributed by atoms with Crippen molar-refractivity contribution in [1.29, 1.82) is 0 Å². The van der Waals surface area contributed by atoms with Crippen molar-refractivity contribution in [3.8, 4) is 0 Å². The summed E-state index contributed by atoms with van der Waals surface area (Å²) >= 11 is 0. The Labute approximate surface area is 139 Å². The van der Waals surface area contributed by atoms with Crippen LogP contribution in [0.25, 0.3) is 0 Å². The zero-order chi connectivity index (χ0) is 17.5. The molecule has 0 atom stereocenters. The van der Waals surface area contributed by atoms with Crippen LogP contribution in [0, 0.1) is 0 Å². The van der Waals surface area contributed by atoms with Gasteiger partial charge in [0.25, 0.3) is 0 Å². The molecule has 0 aliphatic heterocycles. The number of hydrogen-bond acceptors (Lipinski definition) is 5. The molecule has 0 saturated heterocycles. The van der Waals surface area contributed by atoms with Gasteiger partial charge in [-0.2, -0.15) is 9.80 Å². The van der Waals surface area contributed by atoms with Crippen molar-refractivity contribution in [3.05, 3.63) is 60.7 Å². The van der Waals surface area contributed by atoms with Crippen LogP contribution in [0.3, 0.4) is 0 Å². The molecule has 2 aromatic carbocycles. The minimum absolute atomic E-state index is 0.263. The highest BCUT2D eigenvalue weighted by atomic mass is 16.6. The lowest BCUT2D eigenvalue weighted by molar-refractivity contribution is 0.174. The normalized spacial score (nSPS) is 9.75. The Balaban J connectivity index is 2.49. The fourth-order valence-electron chi connectivity index (χ4n) is 2.02. The number of para-hydroxylation sites is 2. The van der Waals surface area contributed by atoms with Gasteiger partial charge in [0, 0.05) is 0 Å². The second kappa shape index (κ2) is 7.77. The average molecular weight is 328 g/mol. The van der Waals surface area contributed by atoms with Gasteiger partial charge in [0.05, 0.1) is 25.6 Å². The van der Waals surface area contributed by atoms with Gasteiger partial charge in [-0.3, -0.25) is 0 Å². The first-order valence-electron chi connectivity index (χ1n) is 7.00. The van der Waals surface area contributed by atoms with Crippen molar-refractivity contribution >= 4 is 29.6 Å². The van der Waals surface area contributed by atoms with Crippen molar-refractivity contribution in [1.82, 2.24) is 0 Å². The van der Waals surface area contributed by atoms with E-state index in [4.69, 9.17) is 0 Å². The third kappa shape index (κ3) is 3.52. The van der Waals surface area contributed by atoms with E-state index in [1.54, 1.807) is 60.7 Å². The number of carbonyl (C=O) groups excluding carboxylic acids is 3. The molecule has 4 amide bonds. The van der Waals surface area contributed by atoms with E-state index < -0.39 is 18.2 Å². The summed E-state index contributed by atoms with van der Waals surface area (Å²) in [5, 5.41) is 0. The Hall–Kier alpha value is -3.35. The smallest absolute Gasteiger partial charge is 0.422 e. The van der Waals surface area contributed by atoms with Crippen LogP contribution in [0.2, 0.25) is 0 Å². The average Bonchev–Trinajstić information content (AvgIpc) is 2.63. The van der Waals surface area contributed by atoms with Crippen LogP contribution in [0.1, 0.15) is 0 Å². The molecular weight excluding hydrogens is 312 g/mol. The van der Waals surface area contributed by atoms with Gasteiger partial charge in [0.15, 0.2) is 0 Å². The maximum Gasteiger partial charge on any atom is 0.422 e.